The second-order valence-electron chi connectivity index (χ2n) is 3.20. The molecule has 15 heavy (non-hydrogen) atoms. The van der Waals surface area contributed by atoms with E-state index in [1.54, 1.807) is 4.68 Å². The molecule has 0 saturated heterocycles. The van der Waals surface area contributed by atoms with Gasteiger partial charge in [0.1, 0.15) is 10.3 Å². The molecule has 0 aliphatic carbocycles. The van der Waals surface area contributed by atoms with Gasteiger partial charge in [-0.3, -0.25) is 4.68 Å². The first-order valence-electron chi connectivity index (χ1n) is 4.62. The normalized spacial score (nSPS) is 10.3. The quantitative estimate of drug-likeness (QED) is 0.814. The van der Waals surface area contributed by atoms with Crippen molar-refractivity contribution in [3.8, 4) is 5.88 Å². The van der Waals surface area contributed by atoms with Gasteiger partial charge in [-0.05, 0) is 28.2 Å². The number of aryl methyl sites for hydroxylation is 1. The van der Waals surface area contributed by atoms with Gasteiger partial charge in [0.05, 0.1) is 0 Å². The number of halogens is 1. The molecule has 1 aromatic heterocycles. The molecule has 4 heteroatoms. The third-order valence-corrected chi connectivity index (χ3v) is 3.04. The third-order valence-electron chi connectivity index (χ3n) is 2.03. The van der Waals surface area contributed by atoms with Crippen LogP contribution < -0.4 is 4.74 Å². The summed E-state index contributed by atoms with van der Waals surface area (Å²) in [4.78, 5) is 0. The highest BCUT2D eigenvalue weighted by Crippen LogP contribution is 2.14. The molecule has 0 spiro atoms. The average molecular weight is 314 g/mol. The smallest absolute Gasteiger partial charge is 0.234 e. The maximum absolute atomic E-state index is 5.56. The summed E-state index contributed by atoms with van der Waals surface area (Å²) in [5.41, 5.74) is 1.15. The minimum atomic E-state index is 0.563. The molecule has 2 aromatic rings. The van der Waals surface area contributed by atoms with Gasteiger partial charge in [0.15, 0.2) is 0 Å². The highest BCUT2D eigenvalue weighted by molar-refractivity contribution is 14.1. The molecule has 0 atom stereocenters. The van der Waals surface area contributed by atoms with Crippen molar-refractivity contribution in [2.45, 2.75) is 6.61 Å². The van der Waals surface area contributed by atoms with Gasteiger partial charge in [-0.15, -0.1) is 5.10 Å². The lowest BCUT2D eigenvalue weighted by Crippen LogP contribution is -1.97. The van der Waals surface area contributed by atoms with Gasteiger partial charge in [0.2, 0.25) is 5.88 Å². The number of ether oxygens (including phenoxy) is 1. The van der Waals surface area contributed by atoms with E-state index in [4.69, 9.17) is 4.74 Å². The third kappa shape index (κ3) is 2.71. The molecular weight excluding hydrogens is 303 g/mol. The van der Waals surface area contributed by atoms with Gasteiger partial charge in [-0.25, -0.2) is 0 Å². The molecular formula is C11H11IN2O. The second-order valence-corrected chi connectivity index (χ2v) is 4.31. The van der Waals surface area contributed by atoms with Crippen LogP contribution >= 0.6 is 22.6 Å². The fraction of sp³-hybridized carbons (Fsp3) is 0.182. The van der Waals surface area contributed by atoms with E-state index in [0.717, 1.165) is 9.26 Å². The van der Waals surface area contributed by atoms with Crippen molar-refractivity contribution in [2.24, 2.45) is 7.05 Å². The monoisotopic (exact) mass is 314 g/mol. The van der Waals surface area contributed by atoms with Crippen LogP contribution in [0.4, 0.5) is 0 Å². The van der Waals surface area contributed by atoms with Crippen LogP contribution in [0.25, 0.3) is 0 Å². The summed E-state index contributed by atoms with van der Waals surface area (Å²) < 4.78 is 8.41. The number of nitrogens with zero attached hydrogens (tertiary/aromatic N) is 2. The highest BCUT2D eigenvalue weighted by atomic mass is 127. The molecule has 0 amide bonds. The largest absolute Gasteiger partial charge is 0.472 e. The fourth-order valence-corrected chi connectivity index (χ4v) is 1.60. The molecule has 0 fully saturated rings. The molecule has 0 aliphatic heterocycles. The molecule has 0 unspecified atom stereocenters. The van der Waals surface area contributed by atoms with E-state index >= 15 is 0 Å². The van der Waals surface area contributed by atoms with Gasteiger partial charge in [0, 0.05) is 13.1 Å². The summed E-state index contributed by atoms with van der Waals surface area (Å²) in [5.74, 6) is 0.672. The second kappa shape index (κ2) is 4.65. The topological polar surface area (TPSA) is 27.1 Å². The Labute approximate surface area is 102 Å². The van der Waals surface area contributed by atoms with Gasteiger partial charge >= 0.3 is 0 Å². The van der Waals surface area contributed by atoms with Crippen LogP contribution in [-0.2, 0) is 13.7 Å². The molecule has 0 aliphatic rings. The first-order chi connectivity index (χ1) is 7.25. The lowest BCUT2D eigenvalue weighted by atomic mass is 10.2. The summed E-state index contributed by atoms with van der Waals surface area (Å²) in [5, 5.41) is 4.21. The number of benzene rings is 1. The standard InChI is InChI=1S/C11H11IN2O/c1-14-10(12)7-11(13-14)15-8-9-5-3-2-4-6-9/h2-7H,8H2,1H3. The average Bonchev–Trinajstić information content (AvgIpc) is 2.57. The van der Waals surface area contributed by atoms with Crippen molar-refractivity contribution in [3.63, 3.8) is 0 Å². The molecule has 3 nitrogen and oxygen atoms in total. The van der Waals surface area contributed by atoms with E-state index in [1.807, 2.05) is 43.4 Å². The first kappa shape index (κ1) is 10.5. The minimum absolute atomic E-state index is 0.563. The van der Waals surface area contributed by atoms with Crippen molar-refractivity contribution < 1.29 is 4.74 Å². The molecule has 78 valence electrons. The Balaban J connectivity index is 1.99. The predicted molar refractivity (Wildman–Crippen MR) is 66.7 cm³/mol. The van der Waals surface area contributed by atoms with E-state index in [2.05, 4.69) is 27.7 Å². The van der Waals surface area contributed by atoms with Crippen molar-refractivity contribution in [3.05, 3.63) is 45.7 Å². The van der Waals surface area contributed by atoms with Crippen molar-refractivity contribution in [2.75, 3.05) is 0 Å². The summed E-state index contributed by atoms with van der Waals surface area (Å²) >= 11 is 2.22. The number of hydrogen-bond acceptors (Lipinski definition) is 2. The van der Waals surface area contributed by atoms with E-state index in [1.165, 1.54) is 0 Å². The van der Waals surface area contributed by atoms with Gasteiger partial charge in [-0.1, -0.05) is 30.3 Å². The number of hydrogen-bond donors (Lipinski definition) is 0. The van der Waals surface area contributed by atoms with Crippen molar-refractivity contribution in [1.82, 2.24) is 9.78 Å². The van der Waals surface area contributed by atoms with Crippen LogP contribution in [-0.4, -0.2) is 9.78 Å². The van der Waals surface area contributed by atoms with Crippen LogP contribution in [0, 0.1) is 3.70 Å². The number of aromatic nitrogens is 2. The number of rotatable bonds is 3. The van der Waals surface area contributed by atoms with Gasteiger partial charge in [-0.2, -0.15) is 0 Å². The minimum Gasteiger partial charge on any atom is -0.472 e. The maximum atomic E-state index is 5.56. The fourth-order valence-electron chi connectivity index (χ4n) is 1.22. The molecule has 0 N–H and O–H groups in total. The zero-order valence-electron chi connectivity index (χ0n) is 8.35. The Hall–Kier alpha value is -1.04. The summed E-state index contributed by atoms with van der Waals surface area (Å²) in [6, 6.07) is 12.0. The zero-order chi connectivity index (χ0) is 10.7. The molecule has 1 aromatic carbocycles. The summed E-state index contributed by atoms with van der Waals surface area (Å²) in [6.45, 7) is 0.563. The molecule has 0 bridgehead atoms. The first-order valence-corrected chi connectivity index (χ1v) is 5.70. The summed E-state index contributed by atoms with van der Waals surface area (Å²) in [6.07, 6.45) is 0. The molecule has 0 saturated carbocycles. The van der Waals surface area contributed by atoms with E-state index < -0.39 is 0 Å². The maximum Gasteiger partial charge on any atom is 0.234 e. The van der Waals surface area contributed by atoms with Crippen LogP contribution in [0.3, 0.4) is 0 Å². The zero-order valence-corrected chi connectivity index (χ0v) is 10.5. The predicted octanol–water partition coefficient (Wildman–Crippen LogP) is 2.60. The van der Waals surface area contributed by atoms with E-state index in [0.29, 0.717) is 12.5 Å². The molecule has 0 radical (unpaired) electrons. The van der Waals surface area contributed by atoms with Crippen molar-refractivity contribution >= 4 is 22.6 Å². The Morgan fingerprint density at radius 3 is 2.67 bits per heavy atom. The summed E-state index contributed by atoms with van der Waals surface area (Å²) in [7, 11) is 1.90. The van der Waals surface area contributed by atoms with Crippen LogP contribution in [0.15, 0.2) is 36.4 Å². The van der Waals surface area contributed by atoms with E-state index in [9.17, 15) is 0 Å². The Kier molecular flexibility index (Phi) is 3.25. The van der Waals surface area contributed by atoms with Crippen molar-refractivity contribution in [1.29, 1.82) is 0 Å². The Morgan fingerprint density at radius 2 is 2.07 bits per heavy atom. The van der Waals surface area contributed by atoms with E-state index in [-0.39, 0.29) is 0 Å². The lowest BCUT2D eigenvalue weighted by Gasteiger charge is -2.01. The highest BCUT2D eigenvalue weighted by Gasteiger charge is 2.02. The lowest BCUT2D eigenvalue weighted by molar-refractivity contribution is 0.291. The molecule has 1 heterocycles. The Bertz CT molecular complexity index is 420. The van der Waals surface area contributed by atoms with Crippen LogP contribution in [0.2, 0.25) is 0 Å². The Morgan fingerprint density at radius 1 is 1.33 bits per heavy atom. The molecule has 2 rings (SSSR count). The van der Waals surface area contributed by atoms with Gasteiger partial charge in [0.25, 0.3) is 0 Å². The van der Waals surface area contributed by atoms with Crippen LogP contribution in [0.1, 0.15) is 5.56 Å². The SMILES string of the molecule is Cn1nc(OCc2ccccc2)cc1I. The van der Waals surface area contributed by atoms with Crippen LogP contribution in [0.5, 0.6) is 5.88 Å². The van der Waals surface area contributed by atoms with Gasteiger partial charge < -0.3 is 4.74 Å².